The lowest BCUT2D eigenvalue weighted by Crippen LogP contribution is -2.31. The van der Waals surface area contributed by atoms with Crippen LogP contribution in [0.3, 0.4) is 0 Å². The zero-order chi connectivity index (χ0) is 20.3. The highest BCUT2D eigenvalue weighted by atomic mass is 35.5. The molecule has 146 valence electrons. The van der Waals surface area contributed by atoms with E-state index in [1.165, 1.54) is 4.90 Å². The fourth-order valence-corrected chi connectivity index (χ4v) is 3.50. The summed E-state index contributed by atoms with van der Waals surface area (Å²) in [6.45, 7) is 0.774. The highest BCUT2D eigenvalue weighted by molar-refractivity contribution is 6.46. The van der Waals surface area contributed by atoms with Gasteiger partial charge in [-0.05, 0) is 48.4 Å². The van der Waals surface area contributed by atoms with Crippen LogP contribution in [-0.4, -0.2) is 42.0 Å². The number of aliphatic hydroxyl groups is 1. The van der Waals surface area contributed by atoms with Crippen molar-refractivity contribution in [1.29, 1.82) is 0 Å². The molecule has 0 bridgehead atoms. The minimum absolute atomic E-state index is 0.0482. The first-order valence-electron chi connectivity index (χ1n) is 8.72. The maximum atomic E-state index is 12.8. The molecule has 1 aliphatic heterocycles. The molecule has 1 amide bonds. The Hall–Kier alpha value is -2.34. The van der Waals surface area contributed by atoms with Gasteiger partial charge in [-0.2, -0.15) is 0 Å². The Morgan fingerprint density at radius 2 is 1.61 bits per heavy atom. The van der Waals surface area contributed by atoms with Gasteiger partial charge in [0.25, 0.3) is 11.7 Å². The summed E-state index contributed by atoms with van der Waals surface area (Å²) in [5.41, 5.74) is 1.15. The predicted octanol–water partition coefficient (Wildman–Crippen LogP) is 4.45. The number of hydrogen-bond acceptors (Lipinski definition) is 4. The molecule has 5 nitrogen and oxygen atoms in total. The Bertz CT molecular complexity index is 907. The monoisotopic (exact) mass is 419 g/mol. The van der Waals surface area contributed by atoms with E-state index < -0.39 is 17.7 Å². The van der Waals surface area contributed by atoms with E-state index >= 15 is 0 Å². The minimum Gasteiger partial charge on any atom is -0.507 e. The third kappa shape index (κ3) is 4.07. The maximum Gasteiger partial charge on any atom is 0.295 e. The van der Waals surface area contributed by atoms with Gasteiger partial charge in [-0.15, -0.1) is 0 Å². The van der Waals surface area contributed by atoms with Crippen molar-refractivity contribution in [2.75, 3.05) is 20.3 Å². The number of methoxy groups -OCH3 is 1. The van der Waals surface area contributed by atoms with E-state index in [9.17, 15) is 14.7 Å². The highest BCUT2D eigenvalue weighted by Gasteiger charge is 2.45. The van der Waals surface area contributed by atoms with Crippen LogP contribution in [0.25, 0.3) is 5.76 Å². The SMILES string of the molecule is COCCCN1C(=O)C(=O)/C(=C(/O)c2ccc(Cl)cc2)[C@@H]1c1ccc(Cl)cc1. The standard InChI is InChI=1S/C21H19Cl2NO4/c1-28-12-2-11-24-18(13-3-7-15(22)8-4-13)17(20(26)21(24)27)19(25)14-5-9-16(23)10-6-14/h3-10,18,25H,2,11-12H2,1H3/b19-17+/t18-/m0/s1. The molecule has 1 heterocycles. The second-order valence-corrected chi connectivity index (χ2v) is 7.27. The molecule has 0 saturated carbocycles. The lowest BCUT2D eigenvalue weighted by atomic mass is 9.95. The largest absolute Gasteiger partial charge is 0.507 e. The quantitative estimate of drug-likeness (QED) is 0.325. The molecule has 2 aromatic carbocycles. The zero-order valence-corrected chi connectivity index (χ0v) is 16.7. The number of Topliss-reactive ketones (excluding diaryl/α,β-unsaturated/α-hetero) is 1. The number of aliphatic hydroxyl groups excluding tert-OH is 1. The molecule has 0 aromatic heterocycles. The van der Waals surface area contributed by atoms with Crippen molar-refractivity contribution in [3.05, 3.63) is 75.3 Å². The van der Waals surface area contributed by atoms with E-state index in [0.717, 1.165) is 0 Å². The Morgan fingerprint density at radius 1 is 1.04 bits per heavy atom. The van der Waals surface area contributed by atoms with E-state index in [1.807, 2.05) is 0 Å². The maximum absolute atomic E-state index is 12.8. The van der Waals surface area contributed by atoms with Crippen LogP contribution >= 0.6 is 23.2 Å². The molecule has 7 heteroatoms. The van der Waals surface area contributed by atoms with E-state index in [0.29, 0.717) is 40.7 Å². The smallest absolute Gasteiger partial charge is 0.295 e. The third-order valence-electron chi connectivity index (χ3n) is 4.59. The topological polar surface area (TPSA) is 66.8 Å². The van der Waals surface area contributed by atoms with Gasteiger partial charge in [0.1, 0.15) is 5.76 Å². The lowest BCUT2D eigenvalue weighted by molar-refractivity contribution is -0.140. The number of amides is 1. The van der Waals surface area contributed by atoms with Crippen LogP contribution in [0, 0.1) is 0 Å². The van der Waals surface area contributed by atoms with Crippen molar-refractivity contribution in [2.45, 2.75) is 12.5 Å². The molecule has 1 atom stereocenters. The molecule has 0 radical (unpaired) electrons. The van der Waals surface area contributed by atoms with Crippen LogP contribution in [-0.2, 0) is 14.3 Å². The number of benzene rings is 2. The third-order valence-corrected chi connectivity index (χ3v) is 5.09. The van der Waals surface area contributed by atoms with E-state index in [4.69, 9.17) is 27.9 Å². The van der Waals surface area contributed by atoms with E-state index in [2.05, 4.69) is 0 Å². The van der Waals surface area contributed by atoms with Crippen LogP contribution in [0.5, 0.6) is 0 Å². The fourth-order valence-electron chi connectivity index (χ4n) is 3.24. The second-order valence-electron chi connectivity index (χ2n) is 6.40. The number of rotatable bonds is 6. The summed E-state index contributed by atoms with van der Waals surface area (Å²) in [6.07, 6.45) is 0.564. The second kappa shape index (κ2) is 8.78. The van der Waals surface area contributed by atoms with Gasteiger partial charge in [-0.3, -0.25) is 9.59 Å². The van der Waals surface area contributed by atoms with Crippen LogP contribution in [0.4, 0.5) is 0 Å². The first-order chi connectivity index (χ1) is 13.4. The van der Waals surface area contributed by atoms with Crippen LogP contribution in [0.2, 0.25) is 10.0 Å². The van der Waals surface area contributed by atoms with E-state index in [-0.39, 0.29) is 11.3 Å². The first kappa shape index (κ1) is 20.4. The zero-order valence-electron chi connectivity index (χ0n) is 15.2. The van der Waals surface area contributed by atoms with E-state index in [1.54, 1.807) is 55.6 Å². The summed E-state index contributed by atoms with van der Waals surface area (Å²) >= 11 is 11.9. The van der Waals surface area contributed by atoms with Crippen LogP contribution in [0.15, 0.2) is 54.1 Å². The van der Waals surface area contributed by atoms with Crippen molar-refractivity contribution >= 4 is 40.7 Å². The summed E-state index contributed by atoms with van der Waals surface area (Å²) in [6, 6.07) is 12.6. The van der Waals surface area contributed by atoms with Crippen LogP contribution < -0.4 is 0 Å². The normalized spacial score (nSPS) is 18.7. The summed E-state index contributed by atoms with van der Waals surface area (Å²) in [4.78, 5) is 26.9. The van der Waals surface area contributed by atoms with Gasteiger partial charge >= 0.3 is 0 Å². The molecular weight excluding hydrogens is 401 g/mol. The molecule has 1 saturated heterocycles. The number of carbonyl (C=O) groups is 2. The van der Waals surface area contributed by atoms with Gasteiger partial charge < -0.3 is 14.7 Å². The molecule has 0 spiro atoms. The molecular formula is C21H19Cl2NO4. The van der Waals surface area contributed by atoms with Crippen LogP contribution in [0.1, 0.15) is 23.6 Å². The number of ketones is 1. The van der Waals surface area contributed by atoms with Crippen molar-refractivity contribution in [2.24, 2.45) is 0 Å². The van der Waals surface area contributed by atoms with Crippen molar-refractivity contribution < 1.29 is 19.4 Å². The molecule has 1 N–H and O–H groups in total. The number of hydrogen-bond donors (Lipinski definition) is 1. The average molecular weight is 420 g/mol. The Morgan fingerprint density at radius 3 is 2.18 bits per heavy atom. The number of carbonyl (C=O) groups excluding carboxylic acids is 2. The lowest BCUT2D eigenvalue weighted by Gasteiger charge is -2.25. The molecule has 28 heavy (non-hydrogen) atoms. The Labute approximate surface area is 173 Å². The molecule has 0 aliphatic carbocycles. The van der Waals surface area contributed by atoms with Crippen molar-refractivity contribution in [1.82, 2.24) is 4.90 Å². The number of likely N-dealkylation sites (tertiary alicyclic amines) is 1. The summed E-state index contributed by atoms with van der Waals surface area (Å²) < 4.78 is 5.06. The fraction of sp³-hybridized carbons (Fsp3) is 0.238. The predicted molar refractivity (Wildman–Crippen MR) is 108 cm³/mol. The van der Waals surface area contributed by atoms with Gasteiger partial charge in [-0.25, -0.2) is 0 Å². The molecule has 0 unspecified atom stereocenters. The average Bonchev–Trinajstić information content (AvgIpc) is 2.94. The Balaban J connectivity index is 2.10. The summed E-state index contributed by atoms with van der Waals surface area (Å²) in [7, 11) is 1.57. The summed E-state index contributed by atoms with van der Waals surface area (Å²) in [5.74, 6) is -1.60. The molecule has 3 rings (SSSR count). The molecule has 2 aromatic rings. The molecule has 1 aliphatic rings. The van der Waals surface area contributed by atoms with Crippen molar-refractivity contribution in [3.8, 4) is 0 Å². The van der Waals surface area contributed by atoms with Crippen molar-refractivity contribution in [3.63, 3.8) is 0 Å². The van der Waals surface area contributed by atoms with Gasteiger partial charge in [0.15, 0.2) is 0 Å². The number of ether oxygens (including phenoxy) is 1. The minimum atomic E-state index is -0.718. The molecule has 1 fully saturated rings. The number of halogens is 2. The highest BCUT2D eigenvalue weighted by Crippen LogP contribution is 2.39. The van der Waals surface area contributed by atoms with Gasteiger partial charge in [0, 0.05) is 35.9 Å². The Kier molecular flexibility index (Phi) is 6.39. The number of nitrogens with zero attached hydrogens (tertiary/aromatic N) is 1. The first-order valence-corrected chi connectivity index (χ1v) is 9.48. The van der Waals surface area contributed by atoms with Gasteiger partial charge in [0.2, 0.25) is 0 Å². The van der Waals surface area contributed by atoms with Gasteiger partial charge in [0.05, 0.1) is 11.6 Å². The van der Waals surface area contributed by atoms with Gasteiger partial charge in [-0.1, -0.05) is 35.3 Å². The summed E-state index contributed by atoms with van der Waals surface area (Å²) in [5, 5.41) is 11.9.